The van der Waals surface area contributed by atoms with Gasteiger partial charge in [0.1, 0.15) is 32.0 Å². The van der Waals surface area contributed by atoms with E-state index in [4.69, 9.17) is 4.74 Å². The number of ether oxygens (including phenoxy) is 1. The highest BCUT2D eigenvalue weighted by molar-refractivity contribution is 5.76. The first kappa shape index (κ1) is 20.5. The molecule has 1 heterocycles. The van der Waals surface area contributed by atoms with Crippen LogP contribution >= 0.6 is 0 Å². The number of carbonyl (C=O) groups is 1. The van der Waals surface area contributed by atoms with Gasteiger partial charge in [-0.25, -0.2) is 4.39 Å². The van der Waals surface area contributed by atoms with Crippen LogP contribution in [-0.2, 0) is 29.2 Å². The first-order valence-corrected chi connectivity index (χ1v) is 9.90. The van der Waals surface area contributed by atoms with E-state index in [1.807, 2.05) is 13.1 Å². The van der Waals surface area contributed by atoms with Gasteiger partial charge >= 0.3 is 0 Å². The molecule has 0 aliphatic carbocycles. The van der Waals surface area contributed by atoms with Crippen LogP contribution in [0.15, 0.2) is 48.5 Å². The maximum absolute atomic E-state index is 13.0. The zero-order valence-corrected chi connectivity index (χ0v) is 16.5. The van der Waals surface area contributed by atoms with Crippen LogP contribution in [0.25, 0.3) is 0 Å². The van der Waals surface area contributed by atoms with Crippen molar-refractivity contribution in [1.29, 1.82) is 0 Å². The number of hydrogen-bond acceptors (Lipinski definition) is 2. The van der Waals surface area contributed by atoms with Crippen molar-refractivity contribution in [3.05, 3.63) is 71.0 Å². The Hall–Kier alpha value is -2.28. The first-order valence-electron chi connectivity index (χ1n) is 9.90. The van der Waals surface area contributed by atoms with Crippen LogP contribution in [0.4, 0.5) is 4.39 Å². The average Bonchev–Trinajstić information content (AvgIpc) is 2.70. The summed E-state index contributed by atoms with van der Waals surface area (Å²) < 4.78 is 18.4. The van der Waals surface area contributed by atoms with Crippen LogP contribution in [-0.4, -0.2) is 45.8 Å². The first-order chi connectivity index (χ1) is 13.6. The van der Waals surface area contributed by atoms with E-state index in [0.29, 0.717) is 19.6 Å². The van der Waals surface area contributed by atoms with Gasteiger partial charge in [-0.05, 0) is 17.7 Å². The molecule has 0 saturated carbocycles. The summed E-state index contributed by atoms with van der Waals surface area (Å²) in [5, 5.41) is 3.05. The maximum atomic E-state index is 13.0. The van der Waals surface area contributed by atoms with Gasteiger partial charge in [0.05, 0.1) is 20.3 Å². The second kappa shape index (κ2) is 10.3. The number of morpholine rings is 1. The Bertz CT molecular complexity index is 761. The van der Waals surface area contributed by atoms with E-state index in [1.165, 1.54) is 28.2 Å². The quantitative estimate of drug-likeness (QED) is 0.576. The van der Waals surface area contributed by atoms with Crippen molar-refractivity contribution < 1.29 is 23.7 Å². The Balaban J connectivity index is 1.48. The third-order valence-electron chi connectivity index (χ3n) is 5.12. The van der Waals surface area contributed by atoms with Crippen LogP contribution in [0.3, 0.4) is 0 Å². The molecule has 0 radical (unpaired) electrons. The van der Waals surface area contributed by atoms with Crippen LogP contribution in [0.5, 0.6) is 0 Å². The van der Waals surface area contributed by atoms with Crippen molar-refractivity contribution in [2.24, 2.45) is 0 Å². The van der Waals surface area contributed by atoms with Gasteiger partial charge in [-0.1, -0.05) is 36.4 Å². The van der Waals surface area contributed by atoms with Gasteiger partial charge in [-0.2, -0.15) is 0 Å². The standard InChI is InChI=1S/C22H28FN3O2/c1-25(15-18-6-8-21(23)9-7-18)17-22(27)24-14-19-4-2-3-5-20(19)16-26-10-12-28-13-11-26/h2-9H,10-17H2,1H3,(H,24,27)/p+2. The van der Waals surface area contributed by atoms with E-state index in [9.17, 15) is 9.18 Å². The molecule has 1 unspecified atom stereocenters. The molecule has 2 aromatic rings. The summed E-state index contributed by atoms with van der Waals surface area (Å²) in [4.78, 5) is 14.9. The Labute approximate surface area is 166 Å². The van der Waals surface area contributed by atoms with Crippen molar-refractivity contribution in [2.75, 3.05) is 39.9 Å². The van der Waals surface area contributed by atoms with Crippen LogP contribution < -0.4 is 15.1 Å². The largest absolute Gasteiger partial charge is 0.370 e. The zero-order valence-electron chi connectivity index (χ0n) is 16.5. The Kier molecular flexibility index (Phi) is 7.54. The molecule has 1 aliphatic rings. The molecule has 5 nitrogen and oxygen atoms in total. The zero-order chi connectivity index (χ0) is 19.8. The van der Waals surface area contributed by atoms with Gasteiger partial charge in [0.15, 0.2) is 6.54 Å². The lowest BCUT2D eigenvalue weighted by molar-refractivity contribution is -0.921. The number of likely N-dealkylation sites (N-methyl/N-ethyl adjacent to an activating group) is 1. The third kappa shape index (κ3) is 6.41. The average molecular weight is 387 g/mol. The maximum Gasteiger partial charge on any atom is 0.275 e. The second-order valence-electron chi connectivity index (χ2n) is 7.52. The van der Waals surface area contributed by atoms with Crippen LogP contribution in [0.2, 0.25) is 0 Å². The van der Waals surface area contributed by atoms with Crippen molar-refractivity contribution in [2.45, 2.75) is 19.6 Å². The summed E-state index contributed by atoms with van der Waals surface area (Å²) in [5.41, 5.74) is 3.48. The topological polar surface area (TPSA) is 47.2 Å². The molecule has 1 saturated heterocycles. The molecule has 150 valence electrons. The van der Waals surface area contributed by atoms with Gasteiger partial charge in [-0.15, -0.1) is 0 Å². The number of quaternary nitrogens is 2. The molecule has 28 heavy (non-hydrogen) atoms. The fourth-order valence-electron chi connectivity index (χ4n) is 3.55. The van der Waals surface area contributed by atoms with Gasteiger partial charge in [0, 0.05) is 17.7 Å². The normalized spacial score (nSPS) is 15.9. The summed E-state index contributed by atoms with van der Waals surface area (Å²) in [7, 11) is 1.97. The number of benzene rings is 2. The highest BCUT2D eigenvalue weighted by Crippen LogP contribution is 2.07. The minimum absolute atomic E-state index is 0.0214. The highest BCUT2D eigenvalue weighted by Gasteiger charge is 2.16. The van der Waals surface area contributed by atoms with E-state index < -0.39 is 0 Å². The third-order valence-corrected chi connectivity index (χ3v) is 5.12. The molecule has 0 spiro atoms. The highest BCUT2D eigenvalue weighted by atomic mass is 19.1. The fourth-order valence-corrected chi connectivity index (χ4v) is 3.55. The van der Waals surface area contributed by atoms with Crippen LogP contribution in [0, 0.1) is 5.82 Å². The number of rotatable bonds is 8. The predicted octanol–water partition coefficient (Wildman–Crippen LogP) is -0.428. The van der Waals surface area contributed by atoms with Crippen molar-refractivity contribution in [1.82, 2.24) is 5.32 Å². The van der Waals surface area contributed by atoms with Crippen molar-refractivity contribution >= 4 is 5.91 Å². The van der Waals surface area contributed by atoms with E-state index in [2.05, 4.69) is 23.5 Å². The Morgan fingerprint density at radius 3 is 2.50 bits per heavy atom. The summed E-state index contributed by atoms with van der Waals surface area (Å²) in [6.07, 6.45) is 0. The Morgan fingerprint density at radius 2 is 1.79 bits per heavy atom. The number of nitrogens with one attached hydrogen (secondary N) is 3. The Morgan fingerprint density at radius 1 is 1.11 bits per heavy atom. The number of amides is 1. The molecule has 1 fully saturated rings. The van der Waals surface area contributed by atoms with E-state index in [-0.39, 0.29) is 11.7 Å². The summed E-state index contributed by atoms with van der Waals surface area (Å²) in [6, 6.07) is 14.8. The molecular weight excluding hydrogens is 357 g/mol. The molecule has 1 amide bonds. The number of hydrogen-bond donors (Lipinski definition) is 3. The molecule has 6 heteroatoms. The SMILES string of the molecule is C[NH+](CC(=O)NCc1ccccc1C[NH+]1CCOCC1)Cc1ccc(F)cc1. The summed E-state index contributed by atoms with van der Waals surface area (Å²) >= 11 is 0. The monoisotopic (exact) mass is 387 g/mol. The molecule has 0 aromatic heterocycles. The minimum atomic E-state index is -0.239. The van der Waals surface area contributed by atoms with Gasteiger partial charge in [-0.3, -0.25) is 4.79 Å². The number of carbonyl (C=O) groups excluding carboxylic acids is 1. The van der Waals surface area contributed by atoms with Crippen molar-refractivity contribution in [3.63, 3.8) is 0 Å². The molecule has 1 aliphatic heterocycles. The van der Waals surface area contributed by atoms with Crippen LogP contribution in [0.1, 0.15) is 16.7 Å². The fraction of sp³-hybridized carbons (Fsp3) is 0.409. The van der Waals surface area contributed by atoms with E-state index in [1.54, 1.807) is 12.1 Å². The molecule has 0 bridgehead atoms. The number of halogens is 1. The molecule has 2 aromatic carbocycles. The lowest BCUT2D eigenvalue weighted by Crippen LogP contribution is -3.12. The van der Waals surface area contributed by atoms with Crippen molar-refractivity contribution in [3.8, 4) is 0 Å². The van der Waals surface area contributed by atoms with Gasteiger partial charge in [0.25, 0.3) is 5.91 Å². The van der Waals surface area contributed by atoms with E-state index in [0.717, 1.165) is 43.3 Å². The van der Waals surface area contributed by atoms with E-state index >= 15 is 0 Å². The second-order valence-corrected chi connectivity index (χ2v) is 7.52. The summed E-state index contributed by atoms with van der Waals surface area (Å²) in [5.74, 6) is -0.218. The minimum Gasteiger partial charge on any atom is -0.370 e. The molecular formula is C22H30FN3O2+2. The predicted molar refractivity (Wildman–Crippen MR) is 105 cm³/mol. The lowest BCUT2D eigenvalue weighted by Gasteiger charge is -2.24. The molecule has 3 rings (SSSR count). The van der Waals surface area contributed by atoms with Gasteiger partial charge in [0.2, 0.25) is 0 Å². The summed E-state index contributed by atoms with van der Waals surface area (Å²) in [6.45, 7) is 6.26. The lowest BCUT2D eigenvalue weighted by atomic mass is 10.1. The van der Waals surface area contributed by atoms with Gasteiger partial charge < -0.3 is 19.9 Å². The smallest absolute Gasteiger partial charge is 0.275 e. The molecule has 3 N–H and O–H groups in total. The molecule has 1 atom stereocenters.